The molecule has 88 valence electrons. The average molecular weight is 231 g/mol. The molecule has 0 aromatic heterocycles. The Morgan fingerprint density at radius 2 is 1.80 bits per heavy atom. The van der Waals surface area contributed by atoms with Crippen LogP contribution in [0, 0.1) is 11.3 Å². The molecule has 0 spiro atoms. The van der Waals surface area contributed by atoms with Gasteiger partial charge in [0.1, 0.15) is 0 Å². The summed E-state index contributed by atoms with van der Waals surface area (Å²) in [5.74, 6) is 0.560. The average Bonchev–Trinajstić information content (AvgIpc) is 2.67. The van der Waals surface area contributed by atoms with E-state index in [1.165, 1.54) is 32.1 Å². The topological polar surface area (TPSA) is 9.23 Å². The predicted octanol–water partition coefficient (Wildman–Crippen LogP) is 3.99. The molecule has 1 saturated carbocycles. The highest BCUT2D eigenvalue weighted by atomic mass is 35.5. The van der Waals surface area contributed by atoms with E-state index in [2.05, 4.69) is 20.8 Å². The van der Waals surface area contributed by atoms with Gasteiger partial charge in [-0.2, -0.15) is 0 Å². The molecule has 1 saturated heterocycles. The van der Waals surface area contributed by atoms with E-state index in [9.17, 15) is 0 Å². The normalized spacial score (nSPS) is 38.4. The molecule has 0 aromatic rings. The van der Waals surface area contributed by atoms with Crippen molar-refractivity contribution in [1.82, 2.24) is 0 Å². The van der Waals surface area contributed by atoms with E-state index in [0.717, 1.165) is 6.61 Å². The van der Waals surface area contributed by atoms with Crippen LogP contribution < -0.4 is 0 Å². The standard InChI is InChI=1S/C13H23ClO/c1-12(2)11(14)10(9-15-12)8-13(3)6-4-5-7-13/h10-11H,4-9H2,1-3H3. The summed E-state index contributed by atoms with van der Waals surface area (Å²) in [6.45, 7) is 7.51. The number of ether oxygens (including phenoxy) is 1. The Kier molecular flexibility index (Phi) is 3.07. The molecule has 15 heavy (non-hydrogen) atoms. The molecule has 2 fully saturated rings. The minimum absolute atomic E-state index is 0.124. The zero-order valence-corrected chi connectivity index (χ0v) is 10.9. The molecular formula is C13H23ClO. The molecule has 1 aliphatic carbocycles. The minimum atomic E-state index is -0.124. The van der Waals surface area contributed by atoms with Crippen molar-refractivity contribution in [1.29, 1.82) is 0 Å². The molecule has 2 heteroatoms. The zero-order chi connectivity index (χ0) is 11.1. The van der Waals surface area contributed by atoms with Gasteiger partial charge in [0.05, 0.1) is 17.6 Å². The van der Waals surface area contributed by atoms with Crippen LogP contribution in [0.25, 0.3) is 0 Å². The predicted molar refractivity (Wildman–Crippen MR) is 64.4 cm³/mol. The van der Waals surface area contributed by atoms with Gasteiger partial charge in [-0.05, 0) is 38.5 Å². The molecule has 1 aliphatic heterocycles. The van der Waals surface area contributed by atoms with E-state index in [4.69, 9.17) is 16.3 Å². The fourth-order valence-electron chi connectivity index (χ4n) is 3.28. The van der Waals surface area contributed by atoms with Crippen molar-refractivity contribution in [2.75, 3.05) is 6.61 Å². The van der Waals surface area contributed by atoms with E-state index < -0.39 is 0 Å². The molecule has 0 N–H and O–H groups in total. The zero-order valence-electron chi connectivity index (χ0n) is 10.2. The van der Waals surface area contributed by atoms with E-state index in [1.54, 1.807) is 0 Å². The summed E-state index contributed by atoms with van der Waals surface area (Å²) in [6.07, 6.45) is 6.83. The molecule has 0 radical (unpaired) electrons. The Labute approximate surface area is 98.5 Å². The van der Waals surface area contributed by atoms with Crippen molar-refractivity contribution in [3.8, 4) is 0 Å². The van der Waals surface area contributed by atoms with Gasteiger partial charge in [-0.3, -0.25) is 0 Å². The van der Waals surface area contributed by atoms with Gasteiger partial charge in [0.25, 0.3) is 0 Å². The molecule has 2 aliphatic rings. The Bertz CT molecular complexity index is 231. The molecule has 2 atom stereocenters. The Hall–Kier alpha value is 0.250. The first-order valence-electron chi connectivity index (χ1n) is 6.21. The summed E-state index contributed by atoms with van der Waals surface area (Å²) in [6, 6.07) is 0. The Morgan fingerprint density at radius 1 is 1.20 bits per heavy atom. The lowest BCUT2D eigenvalue weighted by molar-refractivity contribution is 0.0354. The van der Waals surface area contributed by atoms with Gasteiger partial charge in [-0.15, -0.1) is 11.6 Å². The number of alkyl halides is 1. The lowest BCUT2D eigenvalue weighted by Crippen LogP contribution is -2.32. The summed E-state index contributed by atoms with van der Waals surface area (Å²) in [5.41, 5.74) is 0.419. The quantitative estimate of drug-likeness (QED) is 0.652. The molecule has 1 heterocycles. The maximum absolute atomic E-state index is 6.49. The summed E-state index contributed by atoms with van der Waals surface area (Å²) in [5, 5.41) is 0.190. The highest BCUT2D eigenvalue weighted by molar-refractivity contribution is 6.21. The van der Waals surface area contributed by atoms with Crippen LogP contribution in [-0.4, -0.2) is 17.6 Å². The van der Waals surface area contributed by atoms with Crippen LogP contribution in [0.15, 0.2) is 0 Å². The van der Waals surface area contributed by atoms with Gasteiger partial charge in [0, 0.05) is 5.92 Å². The summed E-state index contributed by atoms with van der Waals surface area (Å²) < 4.78 is 5.79. The van der Waals surface area contributed by atoms with E-state index >= 15 is 0 Å². The highest BCUT2D eigenvalue weighted by Gasteiger charge is 2.45. The van der Waals surface area contributed by atoms with Gasteiger partial charge in [-0.1, -0.05) is 19.8 Å². The molecular weight excluding hydrogens is 208 g/mol. The van der Waals surface area contributed by atoms with Crippen molar-refractivity contribution in [3.63, 3.8) is 0 Å². The summed E-state index contributed by atoms with van der Waals surface area (Å²) in [7, 11) is 0. The smallest absolute Gasteiger partial charge is 0.0793 e. The van der Waals surface area contributed by atoms with Crippen LogP contribution in [0.1, 0.15) is 52.9 Å². The maximum Gasteiger partial charge on any atom is 0.0793 e. The molecule has 0 bridgehead atoms. The summed E-state index contributed by atoms with van der Waals surface area (Å²) in [4.78, 5) is 0. The first kappa shape index (κ1) is 11.7. The number of hydrogen-bond acceptors (Lipinski definition) is 1. The van der Waals surface area contributed by atoms with Crippen molar-refractivity contribution in [3.05, 3.63) is 0 Å². The van der Waals surface area contributed by atoms with E-state index in [-0.39, 0.29) is 11.0 Å². The lowest BCUT2D eigenvalue weighted by atomic mass is 9.78. The second-order valence-electron chi connectivity index (χ2n) is 6.30. The first-order valence-corrected chi connectivity index (χ1v) is 6.65. The molecule has 2 rings (SSSR count). The second kappa shape index (κ2) is 3.92. The van der Waals surface area contributed by atoms with Gasteiger partial charge < -0.3 is 4.74 Å². The van der Waals surface area contributed by atoms with Crippen LogP contribution in [0.2, 0.25) is 0 Å². The first-order chi connectivity index (χ1) is 6.93. The monoisotopic (exact) mass is 230 g/mol. The van der Waals surface area contributed by atoms with Crippen LogP contribution in [0.4, 0.5) is 0 Å². The van der Waals surface area contributed by atoms with E-state index in [0.29, 0.717) is 11.3 Å². The molecule has 0 aromatic carbocycles. The molecule has 0 amide bonds. The Morgan fingerprint density at radius 3 is 2.27 bits per heavy atom. The minimum Gasteiger partial charge on any atom is -0.374 e. The summed E-state index contributed by atoms with van der Waals surface area (Å²) >= 11 is 6.49. The molecule has 2 unspecified atom stereocenters. The van der Waals surface area contributed by atoms with Gasteiger partial charge >= 0.3 is 0 Å². The van der Waals surface area contributed by atoms with Crippen LogP contribution in [-0.2, 0) is 4.74 Å². The molecule has 1 nitrogen and oxygen atoms in total. The van der Waals surface area contributed by atoms with Crippen molar-refractivity contribution < 1.29 is 4.74 Å². The third-order valence-electron chi connectivity index (χ3n) is 4.31. The van der Waals surface area contributed by atoms with Crippen molar-refractivity contribution in [2.45, 2.75) is 63.9 Å². The number of rotatable bonds is 2. The third-order valence-corrected chi connectivity index (χ3v) is 5.19. The van der Waals surface area contributed by atoms with Crippen molar-refractivity contribution >= 4 is 11.6 Å². The fourth-order valence-corrected chi connectivity index (χ4v) is 3.51. The van der Waals surface area contributed by atoms with Crippen molar-refractivity contribution in [2.24, 2.45) is 11.3 Å². The number of hydrogen-bond donors (Lipinski definition) is 0. The van der Waals surface area contributed by atoms with Gasteiger partial charge in [0.15, 0.2) is 0 Å². The maximum atomic E-state index is 6.49. The Balaban J connectivity index is 1.96. The number of halogens is 1. The second-order valence-corrected chi connectivity index (χ2v) is 6.77. The van der Waals surface area contributed by atoms with Crippen LogP contribution in [0.3, 0.4) is 0 Å². The van der Waals surface area contributed by atoms with Gasteiger partial charge in [-0.25, -0.2) is 0 Å². The SMILES string of the molecule is CC1(CC2COC(C)(C)C2Cl)CCCC1. The van der Waals surface area contributed by atoms with E-state index in [1.807, 2.05) is 0 Å². The fraction of sp³-hybridized carbons (Fsp3) is 1.00. The third kappa shape index (κ3) is 2.34. The van der Waals surface area contributed by atoms with Crippen LogP contribution >= 0.6 is 11.6 Å². The van der Waals surface area contributed by atoms with Gasteiger partial charge in [0.2, 0.25) is 0 Å². The lowest BCUT2D eigenvalue weighted by Gasteiger charge is -2.29. The largest absolute Gasteiger partial charge is 0.374 e. The highest BCUT2D eigenvalue weighted by Crippen LogP contribution is 2.47. The van der Waals surface area contributed by atoms with Crippen LogP contribution in [0.5, 0.6) is 0 Å².